The lowest BCUT2D eigenvalue weighted by molar-refractivity contribution is 0.0599. The number of esters is 2. The second-order valence-corrected chi connectivity index (χ2v) is 4.61. The van der Waals surface area contributed by atoms with Crippen molar-refractivity contribution in [3.8, 4) is 11.3 Å². The molecule has 0 aromatic carbocycles. The molecule has 0 aliphatic heterocycles. The van der Waals surface area contributed by atoms with E-state index in [1.165, 1.54) is 14.2 Å². The summed E-state index contributed by atoms with van der Waals surface area (Å²) in [5.41, 5.74) is 2.23. The third-order valence-electron chi connectivity index (χ3n) is 3.26. The van der Waals surface area contributed by atoms with Gasteiger partial charge in [0.1, 0.15) is 0 Å². The molecule has 0 radical (unpaired) electrons. The molecule has 114 valence electrons. The number of aromatic nitrogens is 2. The number of pyridine rings is 2. The zero-order valence-electron chi connectivity index (χ0n) is 12.8. The summed E-state index contributed by atoms with van der Waals surface area (Å²) < 4.78 is 9.66. The Labute approximate surface area is 128 Å². The van der Waals surface area contributed by atoms with Crippen LogP contribution in [0.5, 0.6) is 0 Å². The molecule has 0 N–H and O–H groups in total. The van der Waals surface area contributed by atoms with E-state index in [1.807, 2.05) is 0 Å². The van der Waals surface area contributed by atoms with Gasteiger partial charge in [-0.05, 0) is 26.0 Å². The number of aryl methyl sites for hydroxylation is 2. The zero-order valence-corrected chi connectivity index (χ0v) is 12.8. The number of carbonyl (C=O) groups is 2. The fourth-order valence-electron chi connectivity index (χ4n) is 2.32. The average Bonchev–Trinajstić information content (AvgIpc) is 2.53. The Morgan fingerprint density at radius 2 is 1.50 bits per heavy atom. The van der Waals surface area contributed by atoms with E-state index < -0.39 is 11.9 Å². The molecule has 0 unspecified atom stereocenters. The van der Waals surface area contributed by atoms with Crippen molar-refractivity contribution in [3.05, 3.63) is 46.9 Å². The number of carbonyl (C=O) groups excluding carboxylic acids is 2. The lowest BCUT2D eigenvalue weighted by Crippen LogP contribution is -2.16. The molecule has 0 aliphatic rings. The van der Waals surface area contributed by atoms with E-state index in [4.69, 9.17) is 9.47 Å². The second kappa shape index (κ2) is 6.34. The Balaban J connectivity index is 2.90. The monoisotopic (exact) mass is 300 g/mol. The summed E-state index contributed by atoms with van der Waals surface area (Å²) in [6.07, 6.45) is 1.59. The van der Waals surface area contributed by atoms with Crippen LogP contribution in [0.2, 0.25) is 0 Å². The molecule has 2 aromatic heterocycles. The fourth-order valence-corrected chi connectivity index (χ4v) is 2.32. The number of hydrogen-bond donors (Lipinski definition) is 0. The van der Waals surface area contributed by atoms with Gasteiger partial charge in [0, 0.05) is 11.8 Å². The molecule has 0 atom stereocenters. The van der Waals surface area contributed by atoms with Gasteiger partial charge < -0.3 is 9.47 Å². The van der Waals surface area contributed by atoms with Gasteiger partial charge in [-0.3, -0.25) is 9.97 Å². The number of hydrogen-bond acceptors (Lipinski definition) is 6. The predicted octanol–water partition coefficient (Wildman–Crippen LogP) is 2.33. The minimum Gasteiger partial charge on any atom is -0.465 e. The van der Waals surface area contributed by atoms with Crippen molar-refractivity contribution < 1.29 is 19.1 Å². The van der Waals surface area contributed by atoms with Crippen LogP contribution in [-0.2, 0) is 9.47 Å². The van der Waals surface area contributed by atoms with Crippen LogP contribution in [-0.4, -0.2) is 36.1 Å². The van der Waals surface area contributed by atoms with Gasteiger partial charge >= 0.3 is 11.9 Å². The number of rotatable bonds is 3. The maximum absolute atomic E-state index is 12.2. The van der Waals surface area contributed by atoms with E-state index in [0.717, 1.165) is 0 Å². The summed E-state index contributed by atoms with van der Waals surface area (Å²) in [6, 6.07) is 5.24. The molecule has 22 heavy (non-hydrogen) atoms. The highest BCUT2D eigenvalue weighted by molar-refractivity contribution is 6.06. The van der Waals surface area contributed by atoms with Crippen LogP contribution in [0.1, 0.15) is 32.1 Å². The van der Waals surface area contributed by atoms with Gasteiger partial charge in [0.05, 0.1) is 42.4 Å². The minimum absolute atomic E-state index is 0.215. The molecule has 0 fully saturated rings. The van der Waals surface area contributed by atoms with E-state index in [-0.39, 0.29) is 11.1 Å². The second-order valence-electron chi connectivity index (χ2n) is 4.61. The summed E-state index contributed by atoms with van der Waals surface area (Å²) in [4.78, 5) is 32.8. The van der Waals surface area contributed by atoms with Crippen LogP contribution in [0.15, 0.2) is 24.4 Å². The Morgan fingerprint density at radius 3 is 1.91 bits per heavy atom. The maximum Gasteiger partial charge on any atom is 0.340 e. The molecular weight excluding hydrogens is 284 g/mol. The molecular formula is C16H16N2O4. The van der Waals surface area contributed by atoms with Crippen molar-refractivity contribution in [1.82, 2.24) is 9.97 Å². The first kappa shape index (κ1) is 15.6. The lowest BCUT2D eigenvalue weighted by atomic mass is 9.95. The Bertz CT molecular complexity index is 686. The van der Waals surface area contributed by atoms with Gasteiger partial charge in [0.25, 0.3) is 0 Å². The predicted molar refractivity (Wildman–Crippen MR) is 79.6 cm³/mol. The lowest BCUT2D eigenvalue weighted by Gasteiger charge is -2.16. The first-order valence-electron chi connectivity index (χ1n) is 6.60. The number of methoxy groups -OCH3 is 2. The minimum atomic E-state index is -0.573. The summed E-state index contributed by atoms with van der Waals surface area (Å²) in [5, 5.41) is 0. The highest BCUT2D eigenvalue weighted by Crippen LogP contribution is 2.30. The van der Waals surface area contributed by atoms with Crippen molar-refractivity contribution in [3.63, 3.8) is 0 Å². The molecule has 0 bridgehead atoms. The van der Waals surface area contributed by atoms with E-state index in [9.17, 15) is 9.59 Å². The third kappa shape index (κ3) is 2.67. The standard InChI is InChI=1S/C16H16N2O4/c1-9-12(15(19)21-3)14(11-7-5-6-8-17-11)13(10(2)18-9)16(20)22-4/h5-8H,1-4H3. The summed E-state index contributed by atoms with van der Waals surface area (Å²) in [6.45, 7) is 3.37. The van der Waals surface area contributed by atoms with Crippen molar-refractivity contribution in [2.45, 2.75) is 13.8 Å². The van der Waals surface area contributed by atoms with E-state index in [1.54, 1.807) is 38.2 Å². The molecule has 0 saturated carbocycles. The van der Waals surface area contributed by atoms with Gasteiger partial charge in [0.15, 0.2) is 0 Å². The molecule has 2 rings (SSSR count). The van der Waals surface area contributed by atoms with Crippen molar-refractivity contribution >= 4 is 11.9 Å². The van der Waals surface area contributed by atoms with Crippen molar-refractivity contribution in [2.24, 2.45) is 0 Å². The van der Waals surface area contributed by atoms with Gasteiger partial charge in [-0.2, -0.15) is 0 Å². The Hall–Kier alpha value is -2.76. The average molecular weight is 300 g/mol. The van der Waals surface area contributed by atoms with Gasteiger partial charge in [-0.25, -0.2) is 9.59 Å². The Morgan fingerprint density at radius 1 is 0.955 bits per heavy atom. The first-order chi connectivity index (χ1) is 10.5. The zero-order chi connectivity index (χ0) is 16.3. The van der Waals surface area contributed by atoms with E-state index in [0.29, 0.717) is 22.6 Å². The van der Waals surface area contributed by atoms with Gasteiger partial charge in [0.2, 0.25) is 0 Å². The maximum atomic E-state index is 12.2. The van der Waals surface area contributed by atoms with Crippen LogP contribution in [0.4, 0.5) is 0 Å². The molecule has 0 aliphatic carbocycles. The van der Waals surface area contributed by atoms with Gasteiger partial charge in [-0.1, -0.05) is 6.07 Å². The number of nitrogens with zero attached hydrogens (tertiary/aromatic N) is 2. The summed E-state index contributed by atoms with van der Waals surface area (Å²) >= 11 is 0. The molecule has 0 saturated heterocycles. The first-order valence-corrected chi connectivity index (χ1v) is 6.60. The van der Waals surface area contributed by atoms with Crippen LogP contribution >= 0.6 is 0 Å². The topological polar surface area (TPSA) is 78.4 Å². The smallest absolute Gasteiger partial charge is 0.340 e. The fraction of sp³-hybridized carbons (Fsp3) is 0.250. The molecule has 6 nitrogen and oxygen atoms in total. The van der Waals surface area contributed by atoms with Crippen molar-refractivity contribution in [2.75, 3.05) is 14.2 Å². The highest BCUT2D eigenvalue weighted by atomic mass is 16.5. The van der Waals surface area contributed by atoms with Gasteiger partial charge in [-0.15, -0.1) is 0 Å². The summed E-state index contributed by atoms with van der Waals surface area (Å²) in [5.74, 6) is -1.15. The van der Waals surface area contributed by atoms with E-state index >= 15 is 0 Å². The molecule has 2 heterocycles. The van der Waals surface area contributed by atoms with Crippen LogP contribution in [0.25, 0.3) is 11.3 Å². The van der Waals surface area contributed by atoms with Crippen molar-refractivity contribution in [1.29, 1.82) is 0 Å². The molecule has 0 spiro atoms. The SMILES string of the molecule is COC(=O)c1c(C)nc(C)c(C(=O)OC)c1-c1ccccn1. The normalized spacial score (nSPS) is 10.2. The van der Waals surface area contributed by atoms with Crippen LogP contribution in [0.3, 0.4) is 0 Å². The largest absolute Gasteiger partial charge is 0.465 e. The third-order valence-corrected chi connectivity index (χ3v) is 3.26. The van der Waals surface area contributed by atoms with E-state index in [2.05, 4.69) is 9.97 Å². The summed E-state index contributed by atoms with van der Waals surface area (Å²) in [7, 11) is 2.56. The molecule has 6 heteroatoms. The number of ether oxygens (including phenoxy) is 2. The van der Waals surface area contributed by atoms with Crippen LogP contribution < -0.4 is 0 Å². The molecule has 2 aromatic rings. The Kier molecular flexibility index (Phi) is 4.50. The van der Waals surface area contributed by atoms with Crippen LogP contribution in [0, 0.1) is 13.8 Å². The quantitative estimate of drug-likeness (QED) is 0.810. The molecule has 0 amide bonds. The highest BCUT2D eigenvalue weighted by Gasteiger charge is 2.27.